The van der Waals surface area contributed by atoms with E-state index < -0.39 is 10.8 Å². The maximum atomic E-state index is 11.8. The minimum Gasteiger partial charge on any atom is -0.313 e. The monoisotopic (exact) mass is 233 g/mol. The van der Waals surface area contributed by atoms with Crippen molar-refractivity contribution >= 4 is 10.8 Å². The Labute approximate surface area is 97.7 Å². The molecular weight excluding hydrogens is 206 g/mol. The molecule has 0 saturated carbocycles. The quantitative estimate of drug-likeness (QED) is 0.764. The Kier molecular flexibility index (Phi) is 6.69. The van der Waals surface area contributed by atoms with Gasteiger partial charge in [0.1, 0.15) is 0 Å². The molecule has 92 valence electrons. The average Bonchev–Trinajstić information content (AvgIpc) is 2.09. The van der Waals surface area contributed by atoms with E-state index >= 15 is 0 Å². The highest BCUT2D eigenvalue weighted by molar-refractivity contribution is 7.86. The third-order valence-electron chi connectivity index (χ3n) is 2.62. The van der Waals surface area contributed by atoms with Gasteiger partial charge in [0.25, 0.3) is 0 Å². The molecule has 0 aliphatic carbocycles. The van der Waals surface area contributed by atoms with Gasteiger partial charge in [0, 0.05) is 33.9 Å². The SMILES string of the molecule is CCC(NCCS(=O)C(C)(C)C)C(C)C. The highest BCUT2D eigenvalue weighted by atomic mass is 32.2. The van der Waals surface area contributed by atoms with Gasteiger partial charge in [0.15, 0.2) is 0 Å². The van der Waals surface area contributed by atoms with Crippen molar-refractivity contribution in [1.82, 2.24) is 5.32 Å². The molecule has 0 amide bonds. The second-order valence-electron chi connectivity index (χ2n) is 5.37. The molecule has 0 aromatic heterocycles. The second kappa shape index (κ2) is 6.64. The Bertz CT molecular complexity index is 196. The molecule has 15 heavy (non-hydrogen) atoms. The first-order chi connectivity index (χ1) is 6.79. The molecule has 1 N–H and O–H groups in total. The topological polar surface area (TPSA) is 29.1 Å². The van der Waals surface area contributed by atoms with Gasteiger partial charge in [0.2, 0.25) is 0 Å². The first-order valence-electron chi connectivity index (χ1n) is 5.91. The molecule has 0 saturated heterocycles. The van der Waals surface area contributed by atoms with Gasteiger partial charge in [-0.15, -0.1) is 0 Å². The Morgan fingerprint density at radius 2 is 1.80 bits per heavy atom. The minimum absolute atomic E-state index is 0.0821. The zero-order chi connectivity index (χ0) is 12.1. The molecule has 0 radical (unpaired) electrons. The third kappa shape index (κ3) is 6.31. The van der Waals surface area contributed by atoms with E-state index in [1.54, 1.807) is 0 Å². The first-order valence-corrected chi connectivity index (χ1v) is 7.22. The minimum atomic E-state index is -0.731. The molecule has 0 aliphatic heterocycles. The van der Waals surface area contributed by atoms with Crippen LogP contribution in [0.25, 0.3) is 0 Å². The lowest BCUT2D eigenvalue weighted by Gasteiger charge is -2.22. The van der Waals surface area contributed by atoms with E-state index in [1.807, 2.05) is 20.8 Å². The molecule has 0 heterocycles. The van der Waals surface area contributed by atoms with Crippen molar-refractivity contribution in [3.8, 4) is 0 Å². The van der Waals surface area contributed by atoms with E-state index in [0.717, 1.165) is 18.7 Å². The zero-order valence-electron chi connectivity index (χ0n) is 11.1. The molecule has 0 fully saturated rings. The van der Waals surface area contributed by atoms with E-state index in [2.05, 4.69) is 26.1 Å². The first kappa shape index (κ1) is 15.1. The highest BCUT2D eigenvalue weighted by Gasteiger charge is 2.19. The summed E-state index contributed by atoms with van der Waals surface area (Å²) in [7, 11) is -0.731. The lowest BCUT2D eigenvalue weighted by molar-refractivity contribution is 0.398. The standard InChI is InChI=1S/C12H27NOS/c1-7-11(10(2)3)13-8-9-15(14)12(4,5)6/h10-11,13H,7-9H2,1-6H3. The van der Waals surface area contributed by atoms with Crippen molar-refractivity contribution in [2.24, 2.45) is 5.92 Å². The van der Waals surface area contributed by atoms with Gasteiger partial charge in [0.05, 0.1) is 0 Å². The van der Waals surface area contributed by atoms with Gasteiger partial charge < -0.3 is 5.32 Å². The Hall–Kier alpha value is 0.110. The summed E-state index contributed by atoms with van der Waals surface area (Å²) in [6, 6.07) is 0.557. The summed E-state index contributed by atoms with van der Waals surface area (Å²) >= 11 is 0. The van der Waals surface area contributed by atoms with Crippen LogP contribution in [-0.4, -0.2) is 27.3 Å². The van der Waals surface area contributed by atoms with Crippen LogP contribution in [0.4, 0.5) is 0 Å². The van der Waals surface area contributed by atoms with Gasteiger partial charge in [-0.2, -0.15) is 0 Å². The van der Waals surface area contributed by atoms with Gasteiger partial charge in [-0.3, -0.25) is 4.21 Å². The van der Waals surface area contributed by atoms with Crippen molar-refractivity contribution in [3.63, 3.8) is 0 Å². The van der Waals surface area contributed by atoms with Crippen LogP contribution in [0.5, 0.6) is 0 Å². The summed E-state index contributed by atoms with van der Waals surface area (Å²) in [5, 5.41) is 3.48. The molecule has 0 aromatic rings. The van der Waals surface area contributed by atoms with Crippen LogP contribution in [0.2, 0.25) is 0 Å². The van der Waals surface area contributed by atoms with E-state index in [9.17, 15) is 4.21 Å². The predicted octanol–water partition coefficient (Wildman–Crippen LogP) is 2.56. The lowest BCUT2D eigenvalue weighted by Crippen LogP contribution is -2.37. The lowest BCUT2D eigenvalue weighted by atomic mass is 10.0. The summed E-state index contributed by atoms with van der Waals surface area (Å²) in [5.41, 5.74) is 0. The number of rotatable bonds is 6. The molecule has 0 aliphatic rings. The van der Waals surface area contributed by atoms with Gasteiger partial charge in [-0.05, 0) is 33.1 Å². The van der Waals surface area contributed by atoms with Crippen molar-refractivity contribution in [2.45, 2.75) is 58.8 Å². The van der Waals surface area contributed by atoms with Crippen LogP contribution < -0.4 is 5.32 Å². The third-order valence-corrected chi connectivity index (χ3v) is 4.56. The Morgan fingerprint density at radius 3 is 2.13 bits per heavy atom. The van der Waals surface area contributed by atoms with Crippen LogP contribution >= 0.6 is 0 Å². The molecule has 0 spiro atoms. The van der Waals surface area contributed by atoms with E-state index in [-0.39, 0.29) is 4.75 Å². The fourth-order valence-corrected chi connectivity index (χ4v) is 2.41. The van der Waals surface area contributed by atoms with Crippen LogP contribution in [0.3, 0.4) is 0 Å². The maximum Gasteiger partial charge on any atom is 0.0375 e. The summed E-state index contributed by atoms with van der Waals surface area (Å²) < 4.78 is 11.7. The second-order valence-corrected chi connectivity index (χ2v) is 7.70. The van der Waals surface area contributed by atoms with Crippen LogP contribution in [-0.2, 0) is 10.8 Å². The summed E-state index contributed by atoms with van der Waals surface area (Å²) in [5.74, 6) is 1.41. The molecule has 2 nitrogen and oxygen atoms in total. The molecule has 0 bridgehead atoms. The van der Waals surface area contributed by atoms with E-state index in [0.29, 0.717) is 12.0 Å². The molecular formula is C12H27NOS. The fourth-order valence-electron chi connectivity index (χ4n) is 1.49. The molecule has 3 heteroatoms. The maximum absolute atomic E-state index is 11.8. The Balaban J connectivity index is 3.84. The molecule has 2 unspecified atom stereocenters. The summed E-state index contributed by atoms with van der Waals surface area (Å²) in [6.45, 7) is 13.6. The fraction of sp³-hybridized carbons (Fsp3) is 1.00. The van der Waals surface area contributed by atoms with Crippen LogP contribution in [0.15, 0.2) is 0 Å². The summed E-state index contributed by atoms with van der Waals surface area (Å²) in [4.78, 5) is 0. The predicted molar refractivity (Wildman–Crippen MR) is 69.7 cm³/mol. The Morgan fingerprint density at radius 1 is 1.27 bits per heavy atom. The normalized spacial score (nSPS) is 16.7. The van der Waals surface area contributed by atoms with Crippen LogP contribution in [0, 0.1) is 5.92 Å². The number of hydrogen-bond acceptors (Lipinski definition) is 2. The van der Waals surface area contributed by atoms with Crippen LogP contribution in [0.1, 0.15) is 48.0 Å². The largest absolute Gasteiger partial charge is 0.313 e. The van der Waals surface area contributed by atoms with Gasteiger partial charge in [-0.25, -0.2) is 0 Å². The van der Waals surface area contributed by atoms with Crippen molar-refractivity contribution in [2.75, 3.05) is 12.3 Å². The highest BCUT2D eigenvalue weighted by Crippen LogP contribution is 2.11. The number of hydrogen-bond donors (Lipinski definition) is 1. The molecule has 0 aromatic carbocycles. The molecule has 0 rings (SSSR count). The molecule has 2 atom stereocenters. The van der Waals surface area contributed by atoms with Crippen molar-refractivity contribution in [3.05, 3.63) is 0 Å². The zero-order valence-corrected chi connectivity index (χ0v) is 11.9. The van der Waals surface area contributed by atoms with E-state index in [1.165, 1.54) is 0 Å². The smallest absolute Gasteiger partial charge is 0.0375 e. The van der Waals surface area contributed by atoms with Gasteiger partial charge >= 0.3 is 0 Å². The van der Waals surface area contributed by atoms with Crippen molar-refractivity contribution in [1.29, 1.82) is 0 Å². The average molecular weight is 233 g/mol. The van der Waals surface area contributed by atoms with Gasteiger partial charge in [-0.1, -0.05) is 20.8 Å². The van der Waals surface area contributed by atoms with Crippen molar-refractivity contribution < 1.29 is 4.21 Å². The summed E-state index contributed by atoms with van der Waals surface area (Å²) in [6.07, 6.45) is 1.14. The number of nitrogens with one attached hydrogen (secondary N) is 1. The van der Waals surface area contributed by atoms with E-state index in [4.69, 9.17) is 0 Å².